The van der Waals surface area contributed by atoms with Crippen LogP contribution in [0.5, 0.6) is 0 Å². The van der Waals surface area contributed by atoms with Gasteiger partial charge in [0.2, 0.25) is 5.91 Å². The van der Waals surface area contributed by atoms with Gasteiger partial charge in [0.25, 0.3) is 0 Å². The normalized spacial score (nSPS) is 15.4. The molecule has 1 aliphatic rings. The molecule has 1 fully saturated rings. The summed E-state index contributed by atoms with van der Waals surface area (Å²) >= 11 is 0. The van der Waals surface area contributed by atoms with Gasteiger partial charge in [-0.05, 0) is 42.7 Å². The lowest BCUT2D eigenvalue weighted by atomic mass is 10.1. The largest absolute Gasteiger partial charge is 0.417 e. The van der Waals surface area contributed by atoms with Gasteiger partial charge in [-0.15, -0.1) is 0 Å². The number of pyridine rings is 1. The molecule has 0 atom stereocenters. The molecule has 0 saturated carbocycles. The van der Waals surface area contributed by atoms with Crippen LogP contribution in [0.1, 0.15) is 24.0 Å². The van der Waals surface area contributed by atoms with Crippen LogP contribution in [0.25, 0.3) is 0 Å². The molecule has 0 N–H and O–H groups in total. The Labute approximate surface area is 160 Å². The number of benzene rings is 1. The summed E-state index contributed by atoms with van der Waals surface area (Å²) in [5.41, 5.74) is -0.000946. The lowest BCUT2D eigenvalue weighted by Gasteiger charge is -2.23. The summed E-state index contributed by atoms with van der Waals surface area (Å²) in [7, 11) is 0. The summed E-state index contributed by atoms with van der Waals surface area (Å²) in [6, 6.07) is 8.59. The summed E-state index contributed by atoms with van der Waals surface area (Å²) in [6.07, 6.45) is -2.11. The Morgan fingerprint density at radius 3 is 2.57 bits per heavy atom. The first-order chi connectivity index (χ1) is 13.3. The molecule has 1 amide bonds. The van der Waals surface area contributed by atoms with Crippen molar-refractivity contribution in [1.82, 2.24) is 9.88 Å². The predicted octanol–water partition coefficient (Wildman–Crippen LogP) is 3.91. The average molecular weight is 395 g/mol. The molecule has 0 unspecified atom stereocenters. The van der Waals surface area contributed by atoms with Crippen LogP contribution < -0.4 is 4.90 Å². The number of anilines is 1. The van der Waals surface area contributed by atoms with Gasteiger partial charge in [0.05, 0.1) is 5.56 Å². The third-order valence-corrected chi connectivity index (χ3v) is 4.76. The van der Waals surface area contributed by atoms with E-state index in [9.17, 15) is 22.4 Å². The predicted molar refractivity (Wildman–Crippen MR) is 97.4 cm³/mol. The molecular formula is C20H21F4N3O. The Kier molecular flexibility index (Phi) is 6.16. The van der Waals surface area contributed by atoms with Crippen LogP contribution in [0.3, 0.4) is 0 Å². The number of halogens is 4. The van der Waals surface area contributed by atoms with Crippen molar-refractivity contribution < 1.29 is 22.4 Å². The first kappa shape index (κ1) is 20.1. The van der Waals surface area contributed by atoms with Gasteiger partial charge in [-0.2, -0.15) is 13.2 Å². The average Bonchev–Trinajstić information content (AvgIpc) is 2.92. The topological polar surface area (TPSA) is 36.4 Å². The number of aromatic nitrogens is 1. The van der Waals surface area contributed by atoms with Crippen molar-refractivity contribution in [2.75, 3.05) is 31.1 Å². The molecule has 1 aromatic carbocycles. The standard InChI is InChI=1S/C20H21F4N3O/c21-17-4-1-3-15(13-17)5-8-19(28)27-10-2-9-26(11-12-27)18-7-6-16(14-25-18)20(22,23)24/h1,3-4,6-7,13-14H,2,5,8-12H2. The van der Waals surface area contributed by atoms with E-state index in [2.05, 4.69) is 4.98 Å². The van der Waals surface area contributed by atoms with Crippen LogP contribution in [-0.2, 0) is 17.4 Å². The third-order valence-electron chi connectivity index (χ3n) is 4.76. The van der Waals surface area contributed by atoms with Crippen LogP contribution >= 0.6 is 0 Å². The number of nitrogens with zero attached hydrogens (tertiary/aromatic N) is 3. The lowest BCUT2D eigenvalue weighted by molar-refractivity contribution is -0.137. The van der Waals surface area contributed by atoms with Crippen molar-refractivity contribution in [1.29, 1.82) is 0 Å². The van der Waals surface area contributed by atoms with E-state index in [0.717, 1.165) is 17.8 Å². The highest BCUT2D eigenvalue weighted by molar-refractivity contribution is 5.76. The van der Waals surface area contributed by atoms with E-state index in [-0.39, 0.29) is 11.7 Å². The maximum absolute atomic E-state index is 13.2. The number of alkyl halides is 3. The number of amides is 1. The highest BCUT2D eigenvalue weighted by Crippen LogP contribution is 2.29. The van der Waals surface area contributed by atoms with Gasteiger partial charge in [0.15, 0.2) is 0 Å². The molecule has 1 aromatic heterocycles. The summed E-state index contributed by atoms with van der Waals surface area (Å²) in [5.74, 6) is 0.146. The molecule has 0 radical (unpaired) electrons. The van der Waals surface area contributed by atoms with Crippen molar-refractivity contribution in [3.8, 4) is 0 Å². The van der Waals surface area contributed by atoms with Crippen molar-refractivity contribution >= 4 is 11.7 Å². The second-order valence-corrected chi connectivity index (χ2v) is 6.75. The maximum atomic E-state index is 13.2. The Bertz CT molecular complexity index is 808. The fourth-order valence-corrected chi connectivity index (χ4v) is 3.24. The fourth-order valence-electron chi connectivity index (χ4n) is 3.24. The SMILES string of the molecule is O=C(CCc1cccc(F)c1)N1CCCN(c2ccc(C(F)(F)F)cn2)CC1. The highest BCUT2D eigenvalue weighted by atomic mass is 19.4. The van der Waals surface area contributed by atoms with Gasteiger partial charge in [0, 0.05) is 38.8 Å². The van der Waals surface area contributed by atoms with Crippen molar-refractivity contribution in [2.24, 2.45) is 0 Å². The minimum absolute atomic E-state index is 0.00788. The minimum Gasteiger partial charge on any atom is -0.355 e. The molecule has 3 rings (SSSR count). The second-order valence-electron chi connectivity index (χ2n) is 6.75. The molecular weight excluding hydrogens is 374 g/mol. The Balaban J connectivity index is 1.54. The van der Waals surface area contributed by atoms with E-state index in [4.69, 9.17) is 0 Å². The molecule has 1 saturated heterocycles. The highest BCUT2D eigenvalue weighted by Gasteiger charge is 2.31. The Hall–Kier alpha value is -2.64. The Morgan fingerprint density at radius 1 is 1.07 bits per heavy atom. The number of carbonyl (C=O) groups is 1. The van der Waals surface area contributed by atoms with Gasteiger partial charge in [-0.3, -0.25) is 4.79 Å². The van der Waals surface area contributed by atoms with Crippen molar-refractivity contribution in [3.63, 3.8) is 0 Å². The van der Waals surface area contributed by atoms with Crippen molar-refractivity contribution in [2.45, 2.75) is 25.4 Å². The molecule has 28 heavy (non-hydrogen) atoms. The lowest BCUT2D eigenvalue weighted by Crippen LogP contribution is -2.35. The van der Waals surface area contributed by atoms with E-state index >= 15 is 0 Å². The summed E-state index contributed by atoms with van der Waals surface area (Å²) in [5, 5.41) is 0. The number of hydrogen-bond acceptors (Lipinski definition) is 3. The quantitative estimate of drug-likeness (QED) is 0.737. The first-order valence-corrected chi connectivity index (χ1v) is 9.13. The van der Waals surface area contributed by atoms with E-state index in [1.807, 2.05) is 4.90 Å². The Morgan fingerprint density at radius 2 is 1.89 bits per heavy atom. The zero-order valence-corrected chi connectivity index (χ0v) is 15.3. The zero-order valence-electron chi connectivity index (χ0n) is 15.3. The van der Waals surface area contributed by atoms with Gasteiger partial charge in [-0.1, -0.05) is 12.1 Å². The van der Waals surface area contributed by atoms with Crippen LogP contribution in [0.15, 0.2) is 42.6 Å². The second kappa shape index (κ2) is 8.58. The number of hydrogen-bond donors (Lipinski definition) is 0. The van der Waals surface area contributed by atoms with E-state index in [0.29, 0.717) is 51.3 Å². The molecule has 2 heterocycles. The first-order valence-electron chi connectivity index (χ1n) is 9.13. The van der Waals surface area contributed by atoms with Gasteiger partial charge < -0.3 is 9.80 Å². The van der Waals surface area contributed by atoms with E-state index in [1.54, 1.807) is 17.0 Å². The summed E-state index contributed by atoms with van der Waals surface area (Å²) < 4.78 is 51.2. The summed E-state index contributed by atoms with van der Waals surface area (Å²) in [6.45, 7) is 2.18. The third kappa shape index (κ3) is 5.21. The van der Waals surface area contributed by atoms with Crippen molar-refractivity contribution in [3.05, 3.63) is 59.5 Å². The van der Waals surface area contributed by atoms with Gasteiger partial charge >= 0.3 is 6.18 Å². The van der Waals surface area contributed by atoms with Crippen LogP contribution in [0, 0.1) is 5.82 Å². The maximum Gasteiger partial charge on any atom is 0.417 e. The van der Waals surface area contributed by atoms with E-state index < -0.39 is 11.7 Å². The fraction of sp³-hybridized carbons (Fsp3) is 0.400. The summed E-state index contributed by atoms with van der Waals surface area (Å²) in [4.78, 5) is 20.1. The zero-order chi connectivity index (χ0) is 20.1. The van der Waals surface area contributed by atoms with Gasteiger partial charge in [0.1, 0.15) is 11.6 Å². The smallest absolute Gasteiger partial charge is 0.355 e. The molecule has 1 aliphatic heterocycles. The van der Waals surface area contributed by atoms with E-state index in [1.165, 1.54) is 18.2 Å². The van der Waals surface area contributed by atoms with Gasteiger partial charge in [-0.25, -0.2) is 9.37 Å². The molecule has 8 heteroatoms. The minimum atomic E-state index is -4.41. The molecule has 0 spiro atoms. The number of rotatable bonds is 4. The molecule has 2 aromatic rings. The van der Waals surface area contributed by atoms with Crippen LogP contribution in [0.2, 0.25) is 0 Å². The number of carbonyl (C=O) groups excluding carboxylic acids is 1. The molecule has 0 bridgehead atoms. The molecule has 150 valence electrons. The monoisotopic (exact) mass is 395 g/mol. The van der Waals surface area contributed by atoms with Crippen LogP contribution in [-0.4, -0.2) is 42.0 Å². The van der Waals surface area contributed by atoms with Crippen LogP contribution in [0.4, 0.5) is 23.4 Å². The number of aryl methyl sites for hydroxylation is 1. The molecule has 4 nitrogen and oxygen atoms in total. The molecule has 0 aliphatic carbocycles.